The first-order chi connectivity index (χ1) is 13.5. The molecule has 1 atom stereocenters. The van der Waals surface area contributed by atoms with Gasteiger partial charge in [-0.2, -0.15) is 0 Å². The van der Waals surface area contributed by atoms with E-state index in [4.69, 9.17) is 0 Å². The van der Waals surface area contributed by atoms with Gasteiger partial charge in [-0.15, -0.1) is 0 Å². The van der Waals surface area contributed by atoms with Crippen LogP contribution in [-0.2, 0) is 0 Å². The lowest BCUT2D eigenvalue weighted by Gasteiger charge is -2.19. The Hall–Kier alpha value is -2.87. The van der Waals surface area contributed by atoms with Gasteiger partial charge in [0.25, 0.3) is 5.56 Å². The summed E-state index contributed by atoms with van der Waals surface area (Å²) in [7, 11) is 0. The highest BCUT2D eigenvalue weighted by Gasteiger charge is 2.30. The van der Waals surface area contributed by atoms with Crippen molar-refractivity contribution in [2.24, 2.45) is 0 Å². The lowest BCUT2D eigenvalue weighted by Crippen LogP contribution is -2.31. The van der Waals surface area contributed by atoms with Crippen LogP contribution in [0.15, 0.2) is 46.5 Å². The Balaban J connectivity index is 1.97. The Kier molecular flexibility index (Phi) is 4.80. The van der Waals surface area contributed by atoms with E-state index in [-0.39, 0.29) is 18.1 Å². The van der Waals surface area contributed by atoms with Crippen molar-refractivity contribution in [1.82, 2.24) is 19.4 Å². The minimum absolute atomic E-state index is 0.148. The Labute approximate surface area is 166 Å². The number of aromatic nitrogens is 3. The van der Waals surface area contributed by atoms with E-state index in [0.717, 1.165) is 16.5 Å². The summed E-state index contributed by atoms with van der Waals surface area (Å²) in [5.74, 6) is 0. The van der Waals surface area contributed by atoms with Crippen molar-refractivity contribution in [2.75, 3.05) is 19.3 Å². The fraction of sp³-hybridized carbons (Fsp3) is 0.300. The van der Waals surface area contributed by atoms with Crippen molar-refractivity contribution >= 4 is 28.9 Å². The molecule has 8 heteroatoms. The SMILES string of the molecule is CSc1ncc2cc(-c3ccccc3C)c(=O)n([C@H]3CCN(C(=O)O)C3)c2n1. The molecule has 1 aromatic carbocycles. The zero-order chi connectivity index (χ0) is 19.8. The molecule has 1 amide bonds. The largest absolute Gasteiger partial charge is 0.465 e. The van der Waals surface area contributed by atoms with Crippen LogP contribution in [0.2, 0.25) is 0 Å². The number of hydrogen-bond acceptors (Lipinski definition) is 5. The Morgan fingerprint density at radius 3 is 2.75 bits per heavy atom. The van der Waals surface area contributed by atoms with Crippen LogP contribution in [0.25, 0.3) is 22.2 Å². The number of carboxylic acid groups (broad SMARTS) is 1. The maximum atomic E-state index is 13.5. The number of pyridine rings is 1. The van der Waals surface area contributed by atoms with E-state index in [1.807, 2.05) is 43.5 Å². The number of aryl methyl sites for hydroxylation is 1. The lowest BCUT2D eigenvalue weighted by molar-refractivity contribution is 0.154. The van der Waals surface area contributed by atoms with Gasteiger partial charge in [0, 0.05) is 30.2 Å². The maximum Gasteiger partial charge on any atom is 0.407 e. The summed E-state index contributed by atoms with van der Waals surface area (Å²) in [4.78, 5) is 35.2. The third-order valence-electron chi connectivity index (χ3n) is 5.17. The number of thioether (sulfide) groups is 1. The quantitative estimate of drug-likeness (QED) is 0.539. The summed E-state index contributed by atoms with van der Waals surface area (Å²) < 4.78 is 1.67. The van der Waals surface area contributed by atoms with Crippen LogP contribution in [0.1, 0.15) is 18.0 Å². The fourth-order valence-electron chi connectivity index (χ4n) is 3.74. The first kappa shape index (κ1) is 18.5. The molecule has 1 aliphatic heterocycles. The van der Waals surface area contributed by atoms with Crippen LogP contribution in [-0.4, -0.2) is 50.0 Å². The first-order valence-corrected chi connectivity index (χ1v) is 10.2. The number of hydrogen-bond donors (Lipinski definition) is 1. The second kappa shape index (κ2) is 7.27. The number of carbonyl (C=O) groups is 1. The smallest absolute Gasteiger partial charge is 0.407 e. The van der Waals surface area contributed by atoms with Crippen molar-refractivity contribution in [1.29, 1.82) is 0 Å². The molecule has 2 aromatic heterocycles. The number of fused-ring (bicyclic) bond motifs is 1. The molecule has 1 aliphatic rings. The summed E-state index contributed by atoms with van der Waals surface area (Å²) >= 11 is 1.41. The van der Waals surface area contributed by atoms with E-state index in [2.05, 4.69) is 9.97 Å². The number of nitrogens with zero attached hydrogens (tertiary/aromatic N) is 4. The van der Waals surface area contributed by atoms with E-state index in [9.17, 15) is 14.7 Å². The Bertz CT molecular complexity index is 1130. The van der Waals surface area contributed by atoms with Gasteiger partial charge in [0.05, 0.1) is 6.04 Å². The van der Waals surface area contributed by atoms with Crippen LogP contribution in [0, 0.1) is 6.92 Å². The van der Waals surface area contributed by atoms with E-state index in [0.29, 0.717) is 29.3 Å². The predicted octanol–water partition coefficient (Wildman–Crippen LogP) is 3.41. The zero-order valence-corrected chi connectivity index (χ0v) is 16.4. The van der Waals surface area contributed by atoms with E-state index < -0.39 is 6.09 Å². The molecule has 0 radical (unpaired) electrons. The van der Waals surface area contributed by atoms with Crippen molar-refractivity contribution in [3.05, 3.63) is 52.4 Å². The van der Waals surface area contributed by atoms with Crippen LogP contribution in [0.4, 0.5) is 4.79 Å². The third-order valence-corrected chi connectivity index (χ3v) is 5.73. The van der Waals surface area contributed by atoms with Crippen molar-refractivity contribution in [2.45, 2.75) is 24.5 Å². The predicted molar refractivity (Wildman–Crippen MR) is 109 cm³/mol. The average molecular weight is 396 g/mol. The minimum Gasteiger partial charge on any atom is -0.465 e. The monoisotopic (exact) mass is 396 g/mol. The molecule has 0 bridgehead atoms. The summed E-state index contributed by atoms with van der Waals surface area (Å²) in [5, 5.41) is 10.7. The molecule has 0 spiro atoms. The van der Waals surface area contributed by atoms with Crippen molar-refractivity contribution in [3.8, 4) is 11.1 Å². The molecule has 1 saturated heterocycles. The first-order valence-electron chi connectivity index (χ1n) is 8.99. The molecule has 3 aromatic rings. The second-order valence-corrected chi connectivity index (χ2v) is 7.63. The zero-order valence-electron chi connectivity index (χ0n) is 15.6. The number of benzene rings is 1. The standard InChI is InChI=1S/C20H20N4O3S/c1-12-5-3-4-6-15(12)16-9-13-10-21-19(28-2)22-17(13)24(18(16)25)14-7-8-23(11-14)20(26)27/h3-6,9-10,14H,7-8,11H2,1-2H3,(H,26,27)/t14-/m0/s1. The number of rotatable bonds is 3. The molecule has 28 heavy (non-hydrogen) atoms. The van der Waals surface area contributed by atoms with Gasteiger partial charge in [0.1, 0.15) is 5.65 Å². The Morgan fingerprint density at radius 2 is 2.07 bits per heavy atom. The number of likely N-dealkylation sites (tertiary alicyclic amines) is 1. The molecular formula is C20H20N4O3S. The van der Waals surface area contributed by atoms with Gasteiger partial charge in [-0.3, -0.25) is 9.36 Å². The molecule has 1 fully saturated rings. The van der Waals surface area contributed by atoms with Crippen LogP contribution in [0.5, 0.6) is 0 Å². The van der Waals surface area contributed by atoms with Gasteiger partial charge in [0.2, 0.25) is 0 Å². The van der Waals surface area contributed by atoms with Gasteiger partial charge >= 0.3 is 6.09 Å². The van der Waals surface area contributed by atoms with Crippen molar-refractivity contribution < 1.29 is 9.90 Å². The van der Waals surface area contributed by atoms with Gasteiger partial charge < -0.3 is 10.0 Å². The topological polar surface area (TPSA) is 88.3 Å². The molecule has 7 nitrogen and oxygen atoms in total. The third kappa shape index (κ3) is 3.13. The molecule has 144 valence electrons. The minimum atomic E-state index is -0.964. The van der Waals surface area contributed by atoms with Crippen molar-refractivity contribution in [3.63, 3.8) is 0 Å². The summed E-state index contributed by atoms with van der Waals surface area (Å²) in [6.07, 6.45) is 3.23. The fourth-order valence-corrected chi connectivity index (χ4v) is 4.07. The van der Waals surface area contributed by atoms with E-state index in [1.165, 1.54) is 16.7 Å². The summed E-state index contributed by atoms with van der Waals surface area (Å²) in [6.45, 7) is 2.65. The van der Waals surface area contributed by atoms with Gasteiger partial charge in [-0.05, 0) is 36.8 Å². The van der Waals surface area contributed by atoms with Gasteiger partial charge in [-0.25, -0.2) is 14.8 Å². The highest BCUT2D eigenvalue weighted by Crippen LogP contribution is 2.28. The van der Waals surface area contributed by atoms with Crippen LogP contribution >= 0.6 is 11.8 Å². The highest BCUT2D eigenvalue weighted by molar-refractivity contribution is 7.98. The van der Waals surface area contributed by atoms with E-state index in [1.54, 1.807) is 10.8 Å². The summed E-state index contributed by atoms with van der Waals surface area (Å²) in [6, 6.07) is 9.33. The average Bonchev–Trinajstić information content (AvgIpc) is 3.18. The molecule has 4 rings (SSSR count). The molecule has 0 saturated carbocycles. The van der Waals surface area contributed by atoms with Gasteiger partial charge in [0.15, 0.2) is 5.16 Å². The molecule has 0 aliphatic carbocycles. The van der Waals surface area contributed by atoms with Gasteiger partial charge in [-0.1, -0.05) is 36.0 Å². The van der Waals surface area contributed by atoms with E-state index >= 15 is 0 Å². The highest BCUT2D eigenvalue weighted by atomic mass is 32.2. The lowest BCUT2D eigenvalue weighted by atomic mass is 10.0. The molecule has 1 N–H and O–H groups in total. The Morgan fingerprint density at radius 1 is 1.29 bits per heavy atom. The molecule has 3 heterocycles. The second-order valence-electron chi connectivity index (χ2n) is 6.85. The maximum absolute atomic E-state index is 13.5. The molecular weight excluding hydrogens is 376 g/mol. The molecule has 0 unspecified atom stereocenters. The normalized spacial score (nSPS) is 16.6. The summed E-state index contributed by atoms with van der Waals surface area (Å²) in [5.41, 5.74) is 2.86. The van der Waals surface area contributed by atoms with Crippen LogP contribution < -0.4 is 5.56 Å². The van der Waals surface area contributed by atoms with Crippen LogP contribution in [0.3, 0.4) is 0 Å². The number of amides is 1.